The molecule has 1 saturated heterocycles. The smallest absolute Gasteiger partial charge is 0.211 e. The number of carbonyl (C=O) groups excluding carboxylic acids is 1. The molecule has 1 atom stereocenters. The average Bonchev–Trinajstić information content (AvgIpc) is 2.81. The molecule has 0 N–H and O–H groups in total. The minimum atomic E-state index is 0.0472. The van der Waals surface area contributed by atoms with E-state index in [1.165, 1.54) is 38.5 Å². The van der Waals surface area contributed by atoms with Gasteiger partial charge in [-0.25, -0.2) is 0 Å². The van der Waals surface area contributed by atoms with E-state index >= 15 is 0 Å². The van der Waals surface area contributed by atoms with Crippen molar-refractivity contribution in [3.05, 3.63) is 34.9 Å². The Morgan fingerprint density at radius 2 is 2.08 bits per heavy atom. The molecule has 6 heteroatoms. The number of thioether (sulfide) groups is 1. The van der Waals surface area contributed by atoms with Crippen molar-refractivity contribution in [2.24, 2.45) is 4.99 Å². The van der Waals surface area contributed by atoms with Crippen LogP contribution in [-0.4, -0.2) is 46.4 Å². The van der Waals surface area contributed by atoms with Gasteiger partial charge in [-0.15, -0.1) is 0 Å². The first kappa shape index (κ1) is 18.6. The zero-order valence-corrected chi connectivity index (χ0v) is 16.3. The minimum Gasteiger partial charge on any atom is -0.333 e. The summed E-state index contributed by atoms with van der Waals surface area (Å²) >= 11 is 7.83. The van der Waals surface area contributed by atoms with Gasteiger partial charge in [-0.05, 0) is 30.5 Å². The van der Waals surface area contributed by atoms with Crippen molar-refractivity contribution in [3.8, 4) is 0 Å². The van der Waals surface area contributed by atoms with Crippen molar-refractivity contribution in [2.45, 2.75) is 57.3 Å². The summed E-state index contributed by atoms with van der Waals surface area (Å²) in [4.78, 5) is 20.7. The normalized spacial score (nSPS) is 23.7. The summed E-state index contributed by atoms with van der Waals surface area (Å²) in [6, 6.07) is 8.15. The number of benzene rings is 1. The van der Waals surface area contributed by atoms with Gasteiger partial charge in [0.15, 0.2) is 5.17 Å². The van der Waals surface area contributed by atoms with Gasteiger partial charge in [0.1, 0.15) is 6.17 Å². The number of hydrogen-bond acceptors (Lipinski definition) is 3. The first-order valence-electron chi connectivity index (χ1n) is 9.06. The number of hydrogen-bond donors (Lipinski definition) is 0. The predicted octanol–water partition coefficient (Wildman–Crippen LogP) is 4.38. The molecule has 1 aromatic rings. The van der Waals surface area contributed by atoms with E-state index in [-0.39, 0.29) is 6.17 Å². The second kappa shape index (κ2) is 8.95. The summed E-state index contributed by atoms with van der Waals surface area (Å²) < 4.78 is 0. The van der Waals surface area contributed by atoms with E-state index in [0.717, 1.165) is 22.9 Å². The highest BCUT2D eigenvalue weighted by Gasteiger charge is 2.32. The van der Waals surface area contributed by atoms with E-state index in [1.54, 1.807) is 11.8 Å². The van der Waals surface area contributed by atoms with E-state index in [9.17, 15) is 4.79 Å². The van der Waals surface area contributed by atoms with Crippen LogP contribution < -0.4 is 0 Å². The molecule has 136 valence electrons. The summed E-state index contributed by atoms with van der Waals surface area (Å²) in [5, 5.41) is 1.78. The molecule has 0 radical (unpaired) electrons. The SMILES string of the molecule is CN1C(=NC2CCCCCC2)SCC1N(C=O)Cc1cccc(Cl)c1. The van der Waals surface area contributed by atoms with Crippen LogP contribution in [0.2, 0.25) is 5.02 Å². The zero-order chi connectivity index (χ0) is 17.6. The van der Waals surface area contributed by atoms with Crippen LogP contribution in [0.15, 0.2) is 29.3 Å². The molecule has 0 spiro atoms. The molecule has 3 rings (SSSR count). The topological polar surface area (TPSA) is 35.9 Å². The first-order chi connectivity index (χ1) is 12.2. The first-order valence-corrected chi connectivity index (χ1v) is 10.4. The quantitative estimate of drug-likeness (QED) is 0.562. The summed E-state index contributed by atoms with van der Waals surface area (Å²) in [6.45, 7) is 0.566. The Kier molecular flexibility index (Phi) is 6.65. The fraction of sp³-hybridized carbons (Fsp3) is 0.579. The van der Waals surface area contributed by atoms with Crippen LogP contribution in [0.3, 0.4) is 0 Å². The number of aliphatic imine (C=N–C) groups is 1. The molecular formula is C19H26ClN3OS. The molecule has 2 fully saturated rings. The second-order valence-corrected chi connectivity index (χ2v) is 8.29. The van der Waals surface area contributed by atoms with Crippen molar-refractivity contribution in [3.63, 3.8) is 0 Å². The van der Waals surface area contributed by atoms with E-state index < -0.39 is 0 Å². The zero-order valence-electron chi connectivity index (χ0n) is 14.7. The largest absolute Gasteiger partial charge is 0.333 e. The fourth-order valence-electron chi connectivity index (χ4n) is 3.54. The molecule has 1 unspecified atom stereocenters. The number of amidine groups is 1. The predicted molar refractivity (Wildman–Crippen MR) is 106 cm³/mol. The van der Waals surface area contributed by atoms with Crippen LogP contribution in [0.4, 0.5) is 0 Å². The van der Waals surface area contributed by atoms with Gasteiger partial charge >= 0.3 is 0 Å². The Balaban J connectivity index is 1.66. The maximum absolute atomic E-state index is 11.7. The third-order valence-corrected chi connectivity index (χ3v) is 6.35. The van der Waals surface area contributed by atoms with Crippen LogP contribution in [0.1, 0.15) is 44.1 Å². The van der Waals surface area contributed by atoms with Crippen molar-refractivity contribution >= 4 is 34.9 Å². The number of rotatable bonds is 5. The molecule has 0 bridgehead atoms. The Labute approximate surface area is 159 Å². The third-order valence-electron chi connectivity index (χ3n) is 5.00. The van der Waals surface area contributed by atoms with Gasteiger partial charge in [-0.3, -0.25) is 9.79 Å². The second-order valence-electron chi connectivity index (χ2n) is 6.87. The van der Waals surface area contributed by atoms with Gasteiger partial charge in [0.05, 0.1) is 6.04 Å². The molecule has 1 aliphatic carbocycles. The van der Waals surface area contributed by atoms with Crippen molar-refractivity contribution in [1.82, 2.24) is 9.80 Å². The van der Waals surface area contributed by atoms with E-state index in [0.29, 0.717) is 17.6 Å². The van der Waals surface area contributed by atoms with E-state index in [2.05, 4.69) is 11.9 Å². The van der Waals surface area contributed by atoms with Gasteiger partial charge in [0.25, 0.3) is 0 Å². The maximum atomic E-state index is 11.7. The lowest BCUT2D eigenvalue weighted by atomic mass is 10.1. The summed E-state index contributed by atoms with van der Waals surface area (Å²) in [5.74, 6) is 0.862. The standard InChI is InChI=1S/C19H26ClN3OS/c1-22-18(23(14-24)12-15-7-6-8-16(20)11-15)13-25-19(22)21-17-9-4-2-3-5-10-17/h6-8,11,14,17-18H,2-5,9-10,12-13H2,1H3. The van der Waals surface area contributed by atoms with Gasteiger partial charge in [-0.2, -0.15) is 0 Å². The van der Waals surface area contributed by atoms with Crippen molar-refractivity contribution < 1.29 is 4.79 Å². The average molecular weight is 380 g/mol. The molecule has 2 aliphatic rings. The molecule has 1 aliphatic heterocycles. The van der Waals surface area contributed by atoms with Crippen LogP contribution >= 0.6 is 23.4 Å². The van der Waals surface area contributed by atoms with Crippen LogP contribution in [-0.2, 0) is 11.3 Å². The molecular weight excluding hydrogens is 354 g/mol. The number of carbonyl (C=O) groups is 1. The Bertz CT molecular complexity index is 616. The van der Waals surface area contributed by atoms with Crippen LogP contribution in [0, 0.1) is 0 Å². The Morgan fingerprint density at radius 1 is 1.32 bits per heavy atom. The van der Waals surface area contributed by atoms with Crippen LogP contribution in [0.5, 0.6) is 0 Å². The summed E-state index contributed by atoms with van der Waals surface area (Å²) in [7, 11) is 2.05. The van der Waals surface area contributed by atoms with Gasteiger partial charge in [0, 0.05) is 24.4 Å². The maximum Gasteiger partial charge on any atom is 0.211 e. The van der Waals surface area contributed by atoms with Gasteiger partial charge < -0.3 is 9.80 Å². The highest BCUT2D eigenvalue weighted by molar-refractivity contribution is 8.14. The molecule has 25 heavy (non-hydrogen) atoms. The summed E-state index contributed by atoms with van der Waals surface area (Å²) in [5.41, 5.74) is 1.05. The number of halogens is 1. The molecule has 4 nitrogen and oxygen atoms in total. The lowest BCUT2D eigenvalue weighted by molar-refractivity contribution is -0.122. The van der Waals surface area contributed by atoms with E-state index in [4.69, 9.17) is 16.6 Å². The molecule has 1 aromatic carbocycles. The lowest BCUT2D eigenvalue weighted by Gasteiger charge is -2.30. The fourth-order valence-corrected chi connectivity index (χ4v) is 5.01. The number of nitrogens with zero attached hydrogens (tertiary/aromatic N) is 3. The highest BCUT2D eigenvalue weighted by atomic mass is 35.5. The van der Waals surface area contributed by atoms with Crippen molar-refractivity contribution in [2.75, 3.05) is 12.8 Å². The van der Waals surface area contributed by atoms with Crippen LogP contribution in [0.25, 0.3) is 0 Å². The molecule has 0 aromatic heterocycles. The van der Waals surface area contributed by atoms with Gasteiger partial charge in [0.2, 0.25) is 6.41 Å². The van der Waals surface area contributed by atoms with E-state index in [1.807, 2.05) is 29.2 Å². The number of amides is 1. The van der Waals surface area contributed by atoms with Gasteiger partial charge in [-0.1, -0.05) is 61.2 Å². The third kappa shape index (κ3) is 4.91. The molecule has 1 amide bonds. The minimum absolute atomic E-state index is 0.0472. The van der Waals surface area contributed by atoms with Crippen molar-refractivity contribution in [1.29, 1.82) is 0 Å². The molecule has 1 saturated carbocycles. The lowest BCUT2D eigenvalue weighted by Crippen LogP contribution is -2.44. The highest BCUT2D eigenvalue weighted by Crippen LogP contribution is 2.28. The Morgan fingerprint density at radius 3 is 2.76 bits per heavy atom. The molecule has 1 heterocycles. The summed E-state index contributed by atoms with van der Waals surface area (Å²) in [6.07, 6.45) is 8.63. The monoisotopic (exact) mass is 379 g/mol. The Hall–Kier alpha value is -1.20.